The minimum Gasteiger partial charge on any atom is -0.459 e. The number of hydrogen-bond donors (Lipinski definition) is 2. The van der Waals surface area contributed by atoms with Crippen LogP contribution in [0.2, 0.25) is 0 Å². The van der Waals surface area contributed by atoms with Crippen molar-refractivity contribution in [3.63, 3.8) is 0 Å². The van der Waals surface area contributed by atoms with Crippen molar-refractivity contribution in [2.45, 2.75) is 31.6 Å². The number of amides is 1. The number of halogens is 3. The summed E-state index contributed by atoms with van der Waals surface area (Å²) in [6, 6.07) is 1.40. The van der Waals surface area contributed by atoms with Gasteiger partial charge in [0, 0.05) is 18.2 Å². The van der Waals surface area contributed by atoms with Crippen molar-refractivity contribution >= 4 is 5.91 Å². The van der Waals surface area contributed by atoms with Crippen molar-refractivity contribution in [1.82, 2.24) is 10.3 Å². The van der Waals surface area contributed by atoms with Gasteiger partial charge in [0.1, 0.15) is 0 Å². The third kappa shape index (κ3) is 3.71. The van der Waals surface area contributed by atoms with Gasteiger partial charge in [-0.1, -0.05) is 0 Å². The molecule has 0 bridgehead atoms. The molecule has 0 saturated heterocycles. The Morgan fingerprint density at radius 3 is 2.74 bits per heavy atom. The van der Waals surface area contributed by atoms with Gasteiger partial charge in [0.15, 0.2) is 5.76 Å². The smallest absolute Gasteiger partial charge is 0.401 e. The van der Waals surface area contributed by atoms with E-state index in [0.717, 1.165) is 12.8 Å². The summed E-state index contributed by atoms with van der Waals surface area (Å²) < 4.78 is 42.4. The fourth-order valence-electron chi connectivity index (χ4n) is 1.93. The van der Waals surface area contributed by atoms with Crippen LogP contribution >= 0.6 is 0 Å². The summed E-state index contributed by atoms with van der Waals surface area (Å²) in [6.07, 6.45) is -1.51. The zero-order valence-electron chi connectivity index (χ0n) is 10.0. The van der Waals surface area contributed by atoms with E-state index in [1.165, 1.54) is 17.2 Å². The standard InChI is InChI=1S/C11H14F3N3O2/c12-11(13,14)6-17(8-1-2-8)5-7-3-4-19-9(7)10(18)16-15/h3-4,8H,1-2,5-6,15H2,(H,16,18). The monoisotopic (exact) mass is 277 g/mol. The van der Waals surface area contributed by atoms with E-state index in [0.29, 0.717) is 5.56 Å². The second-order valence-electron chi connectivity index (χ2n) is 4.50. The van der Waals surface area contributed by atoms with Crippen molar-refractivity contribution in [2.24, 2.45) is 5.84 Å². The van der Waals surface area contributed by atoms with Gasteiger partial charge in [-0.15, -0.1) is 0 Å². The highest BCUT2D eigenvalue weighted by Crippen LogP contribution is 2.32. The third-order valence-corrected chi connectivity index (χ3v) is 2.90. The van der Waals surface area contributed by atoms with Crippen molar-refractivity contribution < 1.29 is 22.4 Å². The van der Waals surface area contributed by atoms with Crippen molar-refractivity contribution in [3.05, 3.63) is 23.7 Å². The van der Waals surface area contributed by atoms with Gasteiger partial charge < -0.3 is 4.42 Å². The van der Waals surface area contributed by atoms with E-state index < -0.39 is 18.6 Å². The number of alkyl halides is 3. The van der Waals surface area contributed by atoms with Crippen LogP contribution in [0.15, 0.2) is 16.7 Å². The van der Waals surface area contributed by atoms with E-state index in [4.69, 9.17) is 10.3 Å². The molecule has 8 heteroatoms. The molecule has 3 N–H and O–H groups in total. The van der Waals surface area contributed by atoms with Gasteiger partial charge in [-0.05, 0) is 18.9 Å². The molecule has 1 aromatic rings. The Hall–Kier alpha value is -1.54. The first kappa shape index (κ1) is 13.9. The Kier molecular flexibility index (Phi) is 3.81. The van der Waals surface area contributed by atoms with E-state index in [-0.39, 0.29) is 18.3 Å². The number of rotatable bonds is 5. The summed E-state index contributed by atoms with van der Waals surface area (Å²) in [6.45, 7) is -0.976. The molecule has 19 heavy (non-hydrogen) atoms. The van der Waals surface area contributed by atoms with Crippen LogP contribution < -0.4 is 11.3 Å². The van der Waals surface area contributed by atoms with Gasteiger partial charge in [-0.3, -0.25) is 15.1 Å². The second-order valence-corrected chi connectivity index (χ2v) is 4.50. The Labute approximate surface area is 107 Å². The largest absolute Gasteiger partial charge is 0.459 e. The lowest BCUT2D eigenvalue weighted by molar-refractivity contribution is -0.148. The summed E-state index contributed by atoms with van der Waals surface area (Å²) in [5.74, 6) is 4.29. The summed E-state index contributed by atoms with van der Waals surface area (Å²) in [4.78, 5) is 12.7. The summed E-state index contributed by atoms with van der Waals surface area (Å²) in [5.41, 5.74) is 2.30. The molecule has 1 saturated carbocycles. The Morgan fingerprint density at radius 2 is 2.21 bits per heavy atom. The van der Waals surface area contributed by atoms with Crippen molar-refractivity contribution in [2.75, 3.05) is 6.54 Å². The predicted molar refractivity (Wildman–Crippen MR) is 59.8 cm³/mol. The van der Waals surface area contributed by atoms with Crippen molar-refractivity contribution in [3.8, 4) is 0 Å². The van der Waals surface area contributed by atoms with Crippen molar-refractivity contribution in [1.29, 1.82) is 0 Å². The molecular weight excluding hydrogens is 263 g/mol. The number of nitrogens with one attached hydrogen (secondary N) is 1. The van der Waals surface area contributed by atoms with E-state index >= 15 is 0 Å². The molecule has 0 radical (unpaired) electrons. The molecule has 1 amide bonds. The molecule has 0 spiro atoms. The first-order chi connectivity index (χ1) is 8.90. The average Bonchev–Trinajstić information content (AvgIpc) is 3.07. The first-order valence-corrected chi connectivity index (χ1v) is 5.79. The highest BCUT2D eigenvalue weighted by molar-refractivity contribution is 5.92. The first-order valence-electron chi connectivity index (χ1n) is 5.79. The third-order valence-electron chi connectivity index (χ3n) is 2.90. The highest BCUT2D eigenvalue weighted by Gasteiger charge is 2.38. The zero-order valence-corrected chi connectivity index (χ0v) is 10.0. The van der Waals surface area contributed by atoms with Crippen LogP contribution in [-0.4, -0.2) is 29.6 Å². The van der Waals surface area contributed by atoms with E-state index in [1.807, 2.05) is 5.43 Å². The number of furan rings is 1. The molecule has 0 aromatic carbocycles. The van der Waals surface area contributed by atoms with Gasteiger partial charge in [0.05, 0.1) is 12.8 Å². The summed E-state index contributed by atoms with van der Waals surface area (Å²) >= 11 is 0. The van der Waals surface area contributed by atoms with Gasteiger partial charge >= 0.3 is 12.1 Å². The van der Waals surface area contributed by atoms with Crippen LogP contribution in [0, 0.1) is 0 Å². The maximum Gasteiger partial charge on any atom is 0.401 e. The molecule has 1 aromatic heterocycles. The number of hydrazine groups is 1. The van der Waals surface area contributed by atoms with Gasteiger partial charge in [0.25, 0.3) is 0 Å². The number of hydrogen-bond acceptors (Lipinski definition) is 4. The van der Waals surface area contributed by atoms with E-state index in [2.05, 4.69) is 0 Å². The predicted octanol–water partition coefficient (Wildman–Crippen LogP) is 1.41. The highest BCUT2D eigenvalue weighted by atomic mass is 19.4. The number of carbonyl (C=O) groups is 1. The quantitative estimate of drug-likeness (QED) is 0.485. The molecule has 1 aliphatic rings. The van der Waals surface area contributed by atoms with Gasteiger partial charge in [-0.25, -0.2) is 5.84 Å². The van der Waals surface area contributed by atoms with Crippen LogP contribution in [-0.2, 0) is 6.54 Å². The maximum atomic E-state index is 12.5. The number of carbonyl (C=O) groups excluding carboxylic acids is 1. The Bertz CT molecular complexity index is 454. The fourth-order valence-corrected chi connectivity index (χ4v) is 1.93. The molecule has 1 aliphatic carbocycles. The lowest BCUT2D eigenvalue weighted by Crippen LogP contribution is -2.36. The lowest BCUT2D eigenvalue weighted by Gasteiger charge is -2.23. The molecular formula is C11H14F3N3O2. The molecule has 0 aliphatic heterocycles. The number of nitrogen functional groups attached to an aromatic ring is 1. The van der Waals surface area contributed by atoms with Crippen LogP contribution in [0.3, 0.4) is 0 Å². The van der Waals surface area contributed by atoms with Crippen LogP contribution in [0.25, 0.3) is 0 Å². The lowest BCUT2D eigenvalue weighted by atomic mass is 10.2. The average molecular weight is 277 g/mol. The number of nitrogens with two attached hydrogens (primary N) is 1. The van der Waals surface area contributed by atoms with Crippen LogP contribution in [0.1, 0.15) is 29.0 Å². The molecule has 106 valence electrons. The molecule has 5 nitrogen and oxygen atoms in total. The molecule has 1 fully saturated rings. The summed E-state index contributed by atoms with van der Waals surface area (Å²) in [5, 5.41) is 0. The maximum absolute atomic E-state index is 12.5. The SMILES string of the molecule is NNC(=O)c1occc1CN(CC(F)(F)F)C1CC1. The Morgan fingerprint density at radius 1 is 1.53 bits per heavy atom. The normalized spacial score (nSPS) is 15.8. The minimum absolute atomic E-state index is 0.0173. The summed E-state index contributed by atoms with van der Waals surface area (Å²) in [7, 11) is 0. The van der Waals surface area contributed by atoms with Gasteiger partial charge in [0.2, 0.25) is 0 Å². The minimum atomic E-state index is -4.26. The number of nitrogens with zero attached hydrogens (tertiary/aromatic N) is 1. The van der Waals surface area contributed by atoms with Crippen LogP contribution in [0.5, 0.6) is 0 Å². The molecule has 2 rings (SSSR count). The fraction of sp³-hybridized carbons (Fsp3) is 0.545. The topological polar surface area (TPSA) is 71.5 Å². The molecule has 0 atom stereocenters. The Balaban J connectivity index is 2.09. The second kappa shape index (κ2) is 5.22. The van der Waals surface area contributed by atoms with E-state index in [9.17, 15) is 18.0 Å². The molecule has 0 unspecified atom stereocenters. The van der Waals surface area contributed by atoms with Crippen LogP contribution in [0.4, 0.5) is 13.2 Å². The van der Waals surface area contributed by atoms with Gasteiger partial charge in [-0.2, -0.15) is 13.2 Å². The van der Waals surface area contributed by atoms with E-state index in [1.54, 1.807) is 0 Å². The zero-order chi connectivity index (χ0) is 14.0. The molecule has 1 heterocycles.